The topological polar surface area (TPSA) is 127 Å². The Morgan fingerprint density at radius 3 is 2.56 bits per heavy atom. The normalized spacial score (nSPS) is 14.9. The molecule has 0 fully saturated rings. The third-order valence-electron chi connectivity index (χ3n) is 5.15. The van der Waals surface area contributed by atoms with Gasteiger partial charge in [0.1, 0.15) is 17.4 Å². The van der Waals surface area contributed by atoms with Crippen LogP contribution in [0.25, 0.3) is 11.3 Å². The summed E-state index contributed by atoms with van der Waals surface area (Å²) in [6, 6.07) is 21.8. The molecule has 32 heavy (non-hydrogen) atoms. The molecule has 2 aromatic heterocycles. The van der Waals surface area contributed by atoms with Crippen LogP contribution in [0.4, 0.5) is 0 Å². The molecule has 0 spiro atoms. The number of nitriles is 1. The zero-order chi connectivity index (χ0) is 22.1. The highest BCUT2D eigenvalue weighted by Gasteiger charge is 2.35. The maximum atomic E-state index is 12.1. The Morgan fingerprint density at radius 1 is 1.09 bits per heavy atom. The zero-order valence-electron chi connectivity index (χ0n) is 16.6. The van der Waals surface area contributed by atoms with Crippen LogP contribution in [0.5, 0.6) is 11.6 Å². The minimum absolute atomic E-state index is 0.00411. The van der Waals surface area contributed by atoms with Gasteiger partial charge in [-0.2, -0.15) is 5.26 Å². The van der Waals surface area contributed by atoms with Crippen LogP contribution in [0, 0.1) is 11.3 Å². The van der Waals surface area contributed by atoms with Crippen LogP contribution in [-0.2, 0) is 0 Å². The number of aromatic nitrogens is 2. The van der Waals surface area contributed by atoms with Gasteiger partial charge in [-0.15, -0.1) is 5.10 Å². The van der Waals surface area contributed by atoms with Crippen LogP contribution < -0.4 is 15.2 Å². The van der Waals surface area contributed by atoms with Gasteiger partial charge in [0.05, 0.1) is 23.4 Å². The SMILES string of the molecule is N#CC1=C(N)Oc2n[nH]c(-c3ccccc3)c2[C@@H]1c1ccc(OC(=O)c2ccco2)cc1. The molecule has 5 rings (SSSR count). The van der Waals surface area contributed by atoms with Gasteiger partial charge in [0, 0.05) is 0 Å². The van der Waals surface area contributed by atoms with Crippen molar-refractivity contribution in [1.82, 2.24) is 10.2 Å². The number of nitrogens with zero attached hydrogens (tertiary/aromatic N) is 2. The van der Waals surface area contributed by atoms with Gasteiger partial charge >= 0.3 is 5.97 Å². The second-order valence-corrected chi connectivity index (χ2v) is 7.04. The van der Waals surface area contributed by atoms with Crippen LogP contribution in [0.2, 0.25) is 0 Å². The lowest BCUT2D eigenvalue weighted by Crippen LogP contribution is -2.21. The molecule has 0 saturated carbocycles. The number of esters is 1. The average Bonchev–Trinajstić information content (AvgIpc) is 3.50. The number of rotatable bonds is 4. The standard InChI is InChI=1S/C24H16N4O4/c25-13-17-19(14-8-10-16(11-9-14)31-24(29)18-7-4-12-30-18)20-21(15-5-2-1-3-6-15)27-28-23(20)32-22(17)26/h1-12,19H,26H2,(H,27,28)/t19-/m1/s1. The molecule has 0 unspecified atom stereocenters. The van der Waals surface area contributed by atoms with Gasteiger partial charge in [0.25, 0.3) is 0 Å². The quantitative estimate of drug-likeness (QED) is 0.373. The van der Waals surface area contributed by atoms with Gasteiger partial charge in [-0.25, -0.2) is 4.79 Å². The highest BCUT2D eigenvalue weighted by molar-refractivity contribution is 5.88. The molecule has 8 nitrogen and oxygen atoms in total. The van der Waals surface area contributed by atoms with Gasteiger partial charge < -0.3 is 19.6 Å². The van der Waals surface area contributed by atoms with E-state index in [1.165, 1.54) is 12.3 Å². The van der Waals surface area contributed by atoms with Crippen molar-refractivity contribution in [3.05, 3.63) is 101 Å². The van der Waals surface area contributed by atoms with Crippen molar-refractivity contribution in [2.75, 3.05) is 0 Å². The second kappa shape index (κ2) is 7.81. The highest BCUT2D eigenvalue weighted by atomic mass is 16.5. The van der Waals surface area contributed by atoms with Crippen molar-refractivity contribution in [2.24, 2.45) is 5.73 Å². The average molecular weight is 424 g/mol. The summed E-state index contributed by atoms with van der Waals surface area (Å²) in [7, 11) is 0. The number of carbonyl (C=O) groups excluding carboxylic acids is 1. The summed E-state index contributed by atoms with van der Waals surface area (Å²) in [6.07, 6.45) is 1.40. The molecule has 4 aromatic rings. The van der Waals surface area contributed by atoms with E-state index in [9.17, 15) is 10.1 Å². The number of nitrogens with two attached hydrogens (primary N) is 1. The van der Waals surface area contributed by atoms with Crippen molar-refractivity contribution < 1.29 is 18.7 Å². The summed E-state index contributed by atoms with van der Waals surface area (Å²) >= 11 is 0. The summed E-state index contributed by atoms with van der Waals surface area (Å²) in [5, 5.41) is 17.1. The number of fused-ring (bicyclic) bond motifs is 1. The van der Waals surface area contributed by atoms with E-state index in [2.05, 4.69) is 16.3 Å². The first-order chi connectivity index (χ1) is 15.7. The smallest absolute Gasteiger partial charge is 0.379 e. The predicted octanol–water partition coefficient (Wildman–Crippen LogP) is 4.11. The van der Waals surface area contributed by atoms with Crippen molar-refractivity contribution in [3.8, 4) is 29.0 Å². The van der Waals surface area contributed by atoms with Crippen molar-refractivity contribution in [2.45, 2.75) is 5.92 Å². The lowest BCUT2D eigenvalue weighted by Gasteiger charge is -2.24. The van der Waals surface area contributed by atoms with E-state index < -0.39 is 11.9 Å². The van der Waals surface area contributed by atoms with E-state index in [4.69, 9.17) is 19.6 Å². The Bertz CT molecular complexity index is 1350. The lowest BCUT2D eigenvalue weighted by molar-refractivity contribution is 0.0701. The fourth-order valence-corrected chi connectivity index (χ4v) is 3.68. The molecular weight excluding hydrogens is 408 g/mol. The summed E-state index contributed by atoms with van der Waals surface area (Å²) in [5.74, 6) is -0.334. The summed E-state index contributed by atoms with van der Waals surface area (Å²) < 4.78 is 16.0. The number of carbonyl (C=O) groups is 1. The molecule has 2 aromatic carbocycles. The van der Waals surface area contributed by atoms with E-state index in [0.29, 0.717) is 17.2 Å². The summed E-state index contributed by atoms with van der Waals surface area (Å²) in [4.78, 5) is 12.1. The molecule has 0 amide bonds. The molecular formula is C24H16N4O4. The first-order valence-electron chi connectivity index (χ1n) is 9.72. The van der Waals surface area contributed by atoms with E-state index in [1.807, 2.05) is 30.3 Å². The number of nitrogens with one attached hydrogen (secondary N) is 1. The molecule has 8 heteroatoms. The van der Waals surface area contributed by atoms with Crippen LogP contribution in [0.15, 0.2) is 88.9 Å². The molecule has 0 bridgehead atoms. The predicted molar refractivity (Wildman–Crippen MR) is 113 cm³/mol. The third kappa shape index (κ3) is 3.28. The first kappa shape index (κ1) is 19.2. The van der Waals surface area contributed by atoms with E-state index in [-0.39, 0.29) is 17.2 Å². The number of H-pyrrole nitrogens is 1. The zero-order valence-corrected chi connectivity index (χ0v) is 16.6. The Labute approximate surface area is 182 Å². The van der Waals surface area contributed by atoms with Crippen LogP contribution >= 0.6 is 0 Å². The maximum absolute atomic E-state index is 12.1. The van der Waals surface area contributed by atoms with Gasteiger partial charge in [-0.05, 0) is 35.4 Å². The monoisotopic (exact) mass is 424 g/mol. The van der Waals surface area contributed by atoms with E-state index in [0.717, 1.165) is 16.8 Å². The van der Waals surface area contributed by atoms with Crippen molar-refractivity contribution >= 4 is 5.97 Å². The number of hydrogen-bond acceptors (Lipinski definition) is 7. The molecule has 1 atom stereocenters. The lowest BCUT2D eigenvalue weighted by atomic mass is 9.83. The molecule has 0 saturated heterocycles. The van der Waals surface area contributed by atoms with Gasteiger partial charge in [-0.3, -0.25) is 5.10 Å². The maximum Gasteiger partial charge on any atom is 0.379 e. The van der Waals surface area contributed by atoms with Crippen molar-refractivity contribution in [1.29, 1.82) is 5.26 Å². The van der Waals surface area contributed by atoms with E-state index >= 15 is 0 Å². The molecule has 0 radical (unpaired) electrons. The Kier molecular flexibility index (Phi) is 4.69. The number of furan rings is 1. The molecule has 3 heterocycles. The minimum atomic E-state index is -0.598. The van der Waals surface area contributed by atoms with Crippen LogP contribution in [0.1, 0.15) is 27.6 Å². The molecule has 3 N–H and O–H groups in total. The van der Waals surface area contributed by atoms with Gasteiger partial charge in [-0.1, -0.05) is 42.5 Å². The Balaban J connectivity index is 1.53. The number of ether oxygens (including phenoxy) is 2. The molecule has 1 aliphatic rings. The Morgan fingerprint density at radius 2 is 1.88 bits per heavy atom. The third-order valence-corrected chi connectivity index (χ3v) is 5.15. The number of hydrogen-bond donors (Lipinski definition) is 2. The molecule has 156 valence electrons. The fourth-order valence-electron chi connectivity index (χ4n) is 3.68. The number of aromatic amines is 1. The van der Waals surface area contributed by atoms with Crippen LogP contribution in [-0.4, -0.2) is 16.2 Å². The molecule has 0 aliphatic carbocycles. The first-order valence-corrected chi connectivity index (χ1v) is 9.72. The van der Waals surface area contributed by atoms with Crippen molar-refractivity contribution in [3.63, 3.8) is 0 Å². The number of allylic oxidation sites excluding steroid dienone is 1. The Hall–Kier alpha value is -4.77. The van der Waals surface area contributed by atoms with Crippen LogP contribution in [0.3, 0.4) is 0 Å². The van der Waals surface area contributed by atoms with Gasteiger partial charge in [0.15, 0.2) is 0 Å². The largest absolute Gasteiger partial charge is 0.457 e. The summed E-state index contributed by atoms with van der Waals surface area (Å²) in [6.45, 7) is 0. The molecule has 1 aliphatic heterocycles. The van der Waals surface area contributed by atoms with Gasteiger partial charge in [0.2, 0.25) is 17.5 Å². The second-order valence-electron chi connectivity index (χ2n) is 7.04. The highest BCUT2D eigenvalue weighted by Crippen LogP contribution is 2.45. The number of benzene rings is 2. The van der Waals surface area contributed by atoms with E-state index in [1.54, 1.807) is 30.3 Å². The minimum Gasteiger partial charge on any atom is -0.457 e. The fraction of sp³-hybridized carbons (Fsp3) is 0.0417. The summed E-state index contributed by atoms with van der Waals surface area (Å²) in [5.41, 5.74) is 9.42.